The van der Waals surface area contributed by atoms with Gasteiger partial charge >= 0.3 is 6.18 Å². The van der Waals surface area contributed by atoms with Crippen LogP contribution in [0.5, 0.6) is 0 Å². The molecule has 8 nitrogen and oxygen atoms in total. The van der Waals surface area contributed by atoms with E-state index in [0.717, 1.165) is 17.3 Å². The Morgan fingerprint density at radius 2 is 1.68 bits per heavy atom. The molecule has 15 heteroatoms. The average molecular weight is 587 g/mol. The van der Waals surface area contributed by atoms with Crippen LogP contribution < -0.4 is 9.80 Å². The van der Waals surface area contributed by atoms with E-state index >= 15 is 0 Å². The Morgan fingerprint density at radius 3 is 2.38 bits per heavy atom. The molecule has 5 heterocycles. The van der Waals surface area contributed by atoms with Gasteiger partial charge in [-0.05, 0) is 35.9 Å². The Balaban J connectivity index is 1.22. The fraction of sp³-hybridized carbons (Fsp3) is 0.480. The van der Waals surface area contributed by atoms with Crippen LogP contribution in [0.15, 0.2) is 30.3 Å². The lowest BCUT2D eigenvalue weighted by Crippen LogP contribution is -2.60. The van der Waals surface area contributed by atoms with Crippen molar-refractivity contribution in [3.05, 3.63) is 58.3 Å². The van der Waals surface area contributed by atoms with E-state index < -0.39 is 30.7 Å². The van der Waals surface area contributed by atoms with Crippen molar-refractivity contribution in [2.24, 2.45) is 0 Å². The van der Waals surface area contributed by atoms with Gasteiger partial charge in [-0.1, -0.05) is 11.6 Å². The number of rotatable bonds is 5. The molecular weight excluding hydrogens is 562 g/mol. The summed E-state index contributed by atoms with van der Waals surface area (Å²) < 4.78 is 80.4. The highest BCUT2D eigenvalue weighted by Gasteiger charge is 2.40. The second kappa shape index (κ2) is 10.4. The topological polar surface area (TPSA) is 56.6 Å². The number of piperazine rings is 1. The van der Waals surface area contributed by atoms with Gasteiger partial charge in [-0.2, -0.15) is 13.2 Å². The maximum Gasteiger partial charge on any atom is 0.401 e. The quantitative estimate of drug-likeness (QED) is 0.414. The summed E-state index contributed by atoms with van der Waals surface area (Å²) in [4.78, 5) is 11.2. The SMILES string of the molecule is Fc1ccc(N2CCN(c3nnc4n3-c3ccc(Cl)cc3CN(C3CN(CC(F)(F)F)C3)C4)CC2)nc1C(F)F. The number of halogens is 7. The first-order chi connectivity index (χ1) is 19.1. The van der Waals surface area contributed by atoms with Crippen LogP contribution in [0.25, 0.3) is 5.69 Å². The third kappa shape index (κ3) is 5.31. The van der Waals surface area contributed by atoms with Crippen LogP contribution in [-0.4, -0.2) is 87.6 Å². The summed E-state index contributed by atoms with van der Waals surface area (Å²) in [6.07, 6.45) is -7.24. The summed E-state index contributed by atoms with van der Waals surface area (Å²) in [7, 11) is 0. The first kappa shape index (κ1) is 27.1. The van der Waals surface area contributed by atoms with E-state index in [4.69, 9.17) is 11.6 Å². The lowest BCUT2D eigenvalue weighted by Gasteiger charge is -2.45. The summed E-state index contributed by atoms with van der Waals surface area (Å²) in [6.45, 7) is 2.46. The summed E-state index contributed by atoms with van der Waals surface area (Å²) in [6, 6.07) is 7.85. The minimum atomic E-state index is -4.24. The highest BCUT2D eigenvalue weighted by molar-refractivity contribution is 6.30. The summed E-state index contributed by atoms with van der Waals surface area (Å²) in [5.74, 6) is 0.515. The third-order valence-electron chi connectivity index (χ3n) is 7.52. The van der Waals surface area contributed by atoms with Gasteiger partial charge in [0.25, 0.3) is 6.43 Å². The number of fused-ring (bicyclic) bond motifs is 3. The van der Waals surface area contributed by atoms with Gasteiger partial charge < -0.3 is 9.80 Å². The molecule has 3 aromatic rings. The minimum Gasteiger partial charge on any atom is -0.353 e. The van der Waals surface area contributed by atoms with Gasteiger partial charge in [0, 0.05) is 56.9 Å². The van der Waals surface area contributed by atoms with Crippen LogP contribution in [0.4, 0.5) is 38.1 Å². The second-order valence-electron chi connectivity index (χ2n) is 10.2. The van der Waals surface area contributed by atoms with Gasteiger partial charge in [0.1, 0.15) is 11.5 Å². The number of aromatic nitrogens is 4. The number of benzene rings is 1. The molecule has 0 aliphatic carbocycles. The van der Waals surface area contributed by atoms with E-state index in [2.05, 4.69) is 20.1 Å². The Bertz CT molecular complexity index is 1380. The summed E-state index contributed by atoms with van der Waals surface area (Å²) >= 11 is 6.32. The van der Waals surface area contributed by atoms with Crippen LogP contribution in [0.3, 0.4) is 0 Å². The number of hydrogen-bond acceptors (Lipinski definition) is 7. The van der Waals surface area contributed by atoms with E-state index in [-0.39, 0.29) is 11.9 Å². The van der Waals surface area contributed by atoms with E-state index in [1.54, 1.807) is 6.07 Å². The van der Waals surface area contributed by atoms with Crippen LogP contribution in [-0.2, 0) is 13.1 Å². The normalized spacial score (nSPS) is 19.0. The van der Waals surface area contributed by atoms with Gasteiger partial charge in [0.15, 0.2) is 11.6 Å². The molecule has 0 N–H and O–H groups in total. The first-order valence-electron chi connectivity index (χ1n) is 12.8. The average Bonchev–Trinajstić information content (AvgIpc) is 3.21. The molecule has 2 aromatic heterocycles. The first-order valence-corrected chi connectivity index (χ1v) is 13.1. The molecule has 6 rings (SSSR count). The fourth-order valence-electron chi connectivity index (χ4n) is 5.54. The molecule has 1 aromatic carbocycles. The summed E-state index contributed by atoms with van der Waals surface area (Å²) in [5, 5.41) is 9.47. The molecule has 0 unspecified atom stereocenters. The van der Waals surface area contributed by atoms with Crippen LogP contribution in [0.2, 0.25) is 5.02 Å². The zero-order valence-electron chi connectivity index (χ0n) is 21.1. The monoisotopic (exact) mass is 586 g/mol. The third-order valence-corrected chi connectivity index (χ3v) is 7.76. The van der Waals surface area contributed by atoms with Crippen molar-refractivity contribution in [2.45, 2.75) is 31.7 Å². The second-order valence-corrected chi connectivity index (χ2v) is 10.6. The highest BCUT2D eigenvalue weighted by atomic mass is 35.5. The van der Waals surface area contributed by atoms with E-state index in [9.17, 15) is 26.3 Å². The number of hydrogen-bond donors (Lipinski definition) is 0. The number of pyridine rings is 1. The Hall–Kier alpha value is -3.10. The fourth-order valence-corrected chi connectivity index (χ4v) is 5.74. The van der Waals surface area contributed by atoms with Crippen LogP contribution in [0.1, 0.15) is 23.5 Å². The maximum absolute atomic E-state index is 13.7. The van der Waals surface area contributed by atoms with Crippen molar-refractivity contribution in [2.75, 3.05) is 55.6 Å². The Kier molecular flexibility index (Phi) is 7.03. The van der Waals surface area contributed by atoms with Crippen molar-refractivity contribution in [1.82, 2.24) is 29.5 Å². The molecule has 0 amide bonds. The van der Waals surface area contributed by atoms with Crippen molar-refractivity contribution in [3.8, 4) is 5.69 Å². The van der Waals surface area contributed by atoms with Gasteiger partial charge in [-0.25, -0.2) is 18.2 Å². The van der Waals surface area contributed by atoms with Gasteiger partial charge in [0.05, 0.1) is 18.8 Å². The molecule has 3 aliphatic rings. The van der Waals surface area contributed by atoms with Gasteiger partial charge in [-0.3, -0.25) is 14.4 Å². The van der Waals surface area contributed by atoms with Crippen molar-refractivity contribution in [1.29, 1.82) is 0 Å². The lowest BCUT2D eigenvalue weighted by atomic mass is 10.1. The zero-order chi connectivity index (χ0) is 28.2. The minimum absolute atomic E-state index is 0.0641. The van der Waals surface area contributed by atoms with Crippen LogP contribution >= 0.6 is 11.6 Å². The highest BCUT2D eigenvalue weighted by Crippen LogP contribution is 2.33. The molecule has 0 atom stereocenters. The number of likely N-dealkylation sites (tertiary alicyclic amines) is 1. The predicted molar refractivity (Wildman–Crippen MR) is 135 cm³/mol. The van der Waals surface area contributed by atoms with Crippen molar-refractivity contribution < 1.29 is 26.3 Å². The van der Waals surface area contributed by atoms with Gasteiger partial charge in [-0.15, -0.1) is 10.2 Å². The van der Waals surface area contributed by atoms with E-state index in [1.165, 1.54) is 11.0 Å². The summed E-state index contributed by atoms with van der Waals surface area (Å²) in [5.41, 5.74) is 0.892. The Morgan fingerprint density at radius 1 is 0.950 bits per heavy atom. The molecular formula is C25H25ClF6N8. The number of anilines is 2. The Labute approximate surface area is 230 Å². The molecule has 40 heavy (non-hydrogen) atoms. The molecule has 2 saturated heterocycles. The van der Waals surface area contributed by atoms with E-state index in [1.807, 2.05) is 26.5 Å². The number of nitrogens with zero attached hydrogens (tertiary/aromatic N) is 8. The largest absolute Gasteiger partial charge is 0.401 e. The number of alkyl halides is 5. The molecule has 214 valence electrons. The van der Waals surface area contributed by atoms with Crippen molar-refractivity contribution >= 4 is 23.4 Å². The predicted octanol–water partition coefficient (Wildman–Crippen LogP) is 4.28. The molecule has 0 radical (unpaired) electrons. The van der Waals surface area contributed by atoms with Crippen LogP contribution in [0, 0.1) is 5.82 Å². The lowest BCUT2D eigenvalue weighted by molar-refractivity contribution is -0.161. The smallest absolute Gasteiger partial charge is 0.353 e. The molecule has 3 aliphatic heterocycles. The molecule has 0 bridgehead atoms. The van der Waals surface area contributed by atoms with Crippen molar-refractivity contribution in [3.63, 3.8) is 0 Å². The maximum atomic E-state index is 13.7. The zero-order valence-corrected chi connectivity index (χ0v) is 21.9. The molecule has 0 spiro atoms. The molecule has 2 fully saturated rings. The van der Waals surface area contributed by atoms with Gasteiger partial charge in [0.2, 0.25) is 5.95 Å². The standard InChI is InChI=1S/C25H25ClF6N8/c26-16-1-3-19-15(9-16)10-39(17-11-36(12-17)14-25(30,31)32)13-21-34-35-24(40(19)21)38-7-5-37(6-8-38)20-4-2-18(27)22(33-20)23(28)29/h1-4,9,17,23H,5-8,10-14H2. The molecule has 0 saturated carbocycles. The van der Waals surface area contributed by atoms with E-state index in [0.29, 0.717) is 69.2 Å².